The number of nitriles is 3. The SMILES string of the molecule is N#Cc1cc(C#N)c(N(CCO)CCO)c(C#N)c1. The largest absolute Gasteiger partial charge is 0.395 e. The minimum absolute atomic E-state index is 0.171. The van der Waals surface area contributed by atoms with E-state index >= 15 is 0 Å². The summed E-state index contributed by atoms with van der Waals surface area (Å²) in [7, 11) is 0. The Morgan fingerprint density at radius 2 is 1.37 bits per heavy atom. The van der Waals surface area contributed by atoms with Gasteiger partial charge in [-0.25, -0.2) is 0 Å². The first-order valence-electron chi connectivity index (χ1n) is 5.56. The van der Waals surface area contributed by atoms with Crippen LogP contribution in [0.25, 0.3) is 0 Å². The molecule has 0 fully saturated rings. The van der Waals surface area contributed by atoms with Crippen molar-refractivity contribution >= 4 is 5.69 Å². The summed E-state index contributed by atoms with van der Waals surface area (Å²) in [4.78, 5) is 1.55. The number of rotatable bonds is 5. The zero-order valence-corrected chi connectivity index (χ0v) is 10.2. The Morgan fingerprint density at radius 1 is 0.895 bits per heavy atom. The molecule has 0 aliphatic rings. The van der Waals surface area contributed by atoms with E-state index < -0.39 is 0 Å². The molecule has 0 heterocycles. The van der Waals surface area contributed by atoms with Gasteiger partial charge >= 0.3 is 0 Å². The zero-order valence-electron chi connectivity index (χ0n) is 10.2. The highest BCUT2D eigenvalue weighted by Crippen LogP contribution is 2.26. The number of anilines is 1. The van der Waals surface area contributed by atoms with Crippen molar-refractivity contribution in [2.45, 2.75) is 0 Å². The molecule has 1 aromatic carbocycles. The molecular weight excluding hydrogens is 244 g/mol. The highest BCUT2D eigenvalue weighted by molar-refractivity contribution is 5.70. The average molecular weight is 256 g/mol. The first-order valence-corrected chi connectivity index (χ1v) is 5.56. The van der Waals surface area contributed by atoms with Gasteiger partial charge in [0.15, 0.2) is 0 Å². The molecule has 0 unspecified atom stereocenters. The van der Waals surface area contributed by atoms with E-state index in [1.165, 1.54) is 12.1 Å². The summed E-state index contributed by atoms with van der Waals surface area (Å²) in [6, 6.07) is 8.53. The van der Waals surface area contributed by atoms with E-state index in [-0.39, 0.29) is 43.0 Å². The van der Waals surface area contributed by atoms with E-state index in [0.717, 1.165) is 0 Å². The summed E-state index contributed by atoms with van der Waals surface area (Å²) >= 11 is 0. The maximum absolute atomic E-state index is 9.12. The first kappa shape index (κ1) is 14.5. The predicted octanol–water partition coefficient (Wildman–Crippen LogP) is 0.0926. The predicted molar refractivity (Wildman–Crippen MR) is 67.0 cm³/mol. The van der Waals surface area contributed by atoms with Crippen molar-refractivity contribution in [2.24, 2.45) is 0 Å². The summed E-state index contributed by atoms with van der Waals surface area (Å²) in [5.41, 5.74) is 0.923. The third-order valence-corrected chi connectivity index (χ3v) is 2.54. The number of aliphatic hydroxyl groups excluding tert-OH is 2. The molecule has 1 rings (SSSR count). The van der Waals surface area contributed by atoms with Crippen LogP contribution in [0.15, 0.2) is 12.1 Å². The molecule has 0 saturated heterocycles. The molecule has 0 radical (unpaired) electrons. The number of nitrogens with zero attached hydrogens (tertiary/aromatic N) is 4. The minimum Gasteiger partial charge on any atom is -0.395 e. The highest BCUT2D eigenvalue weighted by atomic mass is 16.3. The first-order chi connectivity index (χ1) is 9.21. The van der Waals surface area contributed by atoms with Crippen molar-refractivity contribution < 1.29 is 10.2 Å². The third kappa shape index (κ3) is 3.20. The normalized spacial score (nSPS) is 9.21. The molecule has 0 aliphatic heterocycles. The monoisotopic (exact) mass is 256 g/mol. The maximum atomic E-state index is 9.12. The van der Waals surface area contributed by atoms with Gasteiger partial charge in [-0.2, -0.15) is 15.8 Å². The third-order valence-electron chi connectivity index (χ3n) is 2.54. The number of aliphatic hydroxyl groups is 2. The second kappa shape index (κ2) is 6.98. The van der Waals surface area contributed by atoms with Crippen LogP contribution in [0.1, 0.15) is 16.7 Å². The Kier molecular flexibility index (Phi) is 5.32. The maximum Gasteiger partial charge on any atom is 0.101 e. The lowest BCUT2D eigenvalue weighted by Gasteiger charge is -2.25. The lowest BCUT2D eigenvalue weighted by Crippen LogP contribution is -2.31. The van der Waals surface area contributed by atoms with Gasteiger partial charge in [-0.3, -0.25) is 0 Å². The van der Waals surface area contributed by atoms with Gasteiger partial charge in [0, 0.05) is 13.1 Å². The zero-order chi connectivity index (χ0) is 14.3. The van der Waals surface area contributed by atoms with Crippen molar-refractivity contribution in [3.63, 3.8) is 0 Å². The second-order valence-electron chi connectivity index (χ2n) is 3.69. The van der Waals surface area contributed by atoms with Gasteiger partial charge < -0.3 is 15.1 Å². The van der Waals surface area contributed by atoms with E-state index in [1.807, 2.05) is 18.2 Å². The second-order valence-corrected chi connectivity index (χ2v) is 3.69. The molecule has 0 aliphatic carbocycles. The smallest absolute Gasteiger partial charge is 0.101 e. The van der Waals surface area contributed by atoms with E-state index in [9.17, 15) is 0 Å². The number of benzene rings is 1. The molecule has 0 bridgehead atoms. The molecule has 0 atom stereocenters. The van der Waals surface area contributed by atoms with Crippen LogP contribution in [0.2, 0.25) is 0 Å². The molecule has 1 aromatic rings. The molecule has 0 saturated carbocycles. The van der Waals surface area contributed by atoms with Crippen molar-refractivity contribution in [3.05, 3.63) is 28.8 Å². The van der Waals surface area contributed by atoms with Gasteiger partial charge in [0.25, 0.3) is 0 Å². The van der Waals surface area contributed by atoms with E-state index in [2.05, 4.69) is 0 Å². The Morgan fingerprint density at radius 3 is 1.68 bits per heavy atom. The van der Waals surface area contributed by atoms with Gasteiger partial charge in [0.1, 0.15) is 12.1 Å². The van der Waals surface area contributed by atoms with Crippen LogP contribution in [-0.4, -0.2) is 36.5 Å². The summed E-state index contributed by atoms with van der Waals surface area (Å²) < 4.78 is 0. The van der Waals surface area contributed by atoms with Gasteiger partial charge in [0.2, 0.25) is 0 Å². The van der Waals surface area contributed by atoms with Gasteiger partial charge in [-0.05, 0) is 12.1 Å². The fourth-order valence-corrected chi connectivity index (χ4v) is 1.79. The molecule has 0 aromatic heterocycles. The van der Waals surface area contributed by atoms with Crippen molar-refractivity contribution in [1.82, 2.24) is 0 Å². The van der Waals surface area contributed by atoms with E-state index in [4.69, 9.17) is 26.0 Å². The van der Waals surface area contributed by atoms with Crippen LogP contribution in [0.4, 0.5) is 5.69 Å². The van der Waals surface area contributed by atoms with Crippen LogP contribution in [0, 0.1) is 34.0 Å². The molecule has 0 amide bonds. The molecule has 0 spiro atoms. The number of hydrogen-bond donors (Lipinski definition) is 2. The molecule has 96 valence electrons. The Bertz CT molecular complexity index is 537. The van der Waals surface area contributed by atoms with Gasteiger partial charge in [-0.15, -0.1) is 0 Å². The lowest BCUT2D eigenvalue weighted by molar-refractivity contribution is 0.281. The van der Waals surface area contributed by atoms with Crippen LogP contribution >= 0.6 is 0 Å². The highest BCUT2D eigenvalue weighted by Gasteiger charge is 2.17. The van der Waals surface area contributed by atoms with Crippen LogP contribution in [0.5, 0.6) is 0 Å². The van der Waals surface area contributed by atoms with E-state index in [1.54, 1.807) is 4.90 Å². The average Bonchev–Trinajstić information content (AvgIpc) is 2.45. The molecule has 6 heteroatoms. The summed E-state index contributed by atoms with van der Waals surface area (Å²) in [5, 5.41) is 45.1. The minimum atomic E-state index is -0.171. The van der Waals surface area contributed by atoms with Crippen molar-refractivity contribution in [3.8, 4) is 18.2 Å². The van der Waals surface area contributed by atoms with Gasteiger partial charge in [-0.1, -0.05) is 0 Å². The molecule has 2 N–H and O–H groups in total. The Balaban J connectivity index is 3.43. The fourth-order valence-electron chi connectivity index (χ4n) is 1.79. The van der Waals surface area contributed by atoms with E-state index in [0.29, 0.717) is 5.69 Å². The molecular formula is C13H12N4O2. The molecule has 19 heavy (non-hydrogen) atoms. The van der Waals surface area contributed by atoms with Crippen molar-refractivity contribution in [1.29, 1.82) is 15.8 Å². The fraction of sp³-hybridized carbons (Fsp3) is 0.308. The summed E-state index contributed by atoms with van der Waals surface area (Å²) in [6.07, 6.45) is 0. The van der Waals surface area contributed by atoms with Gasteiger partial charge in [0.05, 0.1) is 41.7 Å². The molecule has 6 nitrogen and oxygen atoms in total. The lowest BCUT2D eigenvalue weighted by atomic mass is 10.0. The Hall–Kier alpha value is -2.59. The van der Waals surface area contributed by atoms with Crippen LogP contribution < -0.4 is 4.90 Å². The summed E-state index contributed by atoms with van der Waals surface area (Å²) in [5.74, 6) is 0. The standard InChI is InChI=1S/C13H12N4O2/c14-7-10-5-11(8-15)13(12(6-10)9-16)17(1-3-18)2-4-19/h5-6,18-19H,1-4H2. The van der Waals surface area contributed by atoms with Crippen LogP contribution in [0.3, 0.4) is 0 Å². The van der Waals surface area contributed by atoms with Crippen LogP contribution in [-0.2, 0) is 0 Å². The number of hydrogen-bond acceptors (Lipinski definition) is 6. The Labute approximate surface area is 111 Å². The topological polar surface area (TPSA) is 115 Å². The van der Waals surface area contributed by atoms with Crippen molar-refractivity contribution in [2.75, 3.05) is 31.2 Å². The quantitative estimate of drug-likeness (QED) is 0.771. The summed E-state index contributed by atoms with van der Waals surface area (Å²) in [6.45, 7) is 0.0388.